The monoisotopic (exact) mass is 364 g/mol. The van der Waals surface area contributed by atoms with Gasteiger partial charge < -0.3 is 25.4 Å². The molecule has 26 heavy (non-hydrogen) atoms. The highest BCUT2D eigenvalue weighted by Gasteiger charge is 2.06. The van der Waals surface area contributed by atoms with E-state index in [0.29, 0.717) is 32.1 Å². The van der Waals surface area contributed by atoms with Crippen molar-refractivity contribution in [2.75, 3.05) is 39.2 Å². The third kappa shape index (κ3) is 9.27. The molecule has 0 heterocycles. The molecule has 0 bridgehead atoms. The van der Waals surface area contributed by atoms with Crippen molar-refractivity contribution in [3.8, 4) is 5.75 Å². The van der Waals surface area contributed by atoms with Crippen LogP contribution in [0.25, 0.3) is 0 Å². The Kier molecular flexibility index (Phi) is 10.9. The summed E-state index contributed by atoms with van der Waals surface area (Å²) < 4.78 is 10.7. The Morgan fingerprint density at radius 1 is 1.31 bits per heavy atom. The second-order valence-electron chi connectivity index (χ2n) is 5.97. The molecule has 0 saturated carbocycles. The van der Waals surface area contributed by atoms with Gasteiger partial charge in [-0.05, 0) is 25.5 Å². The number of benzene rings is 1. The van der Waals surface area contributed by atoms with Crippen molar-refractivity contribution >= 4 is 17.6 Å². The van der Waals surface area contributed by atoms with Gasteiger partial charge >= 0.3 is 0 Å². The number of hydrogen-bond donors (Lipinski definition) is 3. The van der Waals surface area contributed by atoms with E-state index in [9.17, 15) is 4.79 Å². The molecule has 0 radical (unpaired) electrons. The summed E-state index contributed by atoms with van der Waals surface area (Å²) in [5.41, 5.74) is 0.867. The maximum Gasteiger partial charge on any atom is 0.221 e. The fourth-order valence-electron chi connectivity index (χ4n) is 2.12. The number of nitrogens with one attached hydrogen (secondary N) is 3. The van der Waals surface area contributed by atoms with Crippen LogP contribution in [-0.4, -0.2) is 51.8 Å². The van der Waals surface area contributed by atoms with Crippen LogP contribution >= 0.6 is 0 Å². The van der Waals surface area contributed by atoms with Gasteiger partial charge in [0.1, 0.15) is 5.75 Å². The van der Waals surface area contributed by atoms with E-state index >= 15 is 0 Å². The normalized spacial score (nSPS) is 12.4. The maximum absolute atomic E-state index is 11.8. The van der Waals surface area contributed by atoms with Gasteiger partial charge in [0.2, 0.25) is 5.91 Å². The number of guanidine groups is 1. The van der Waals surface area contributed by atoms with Gasteiger partial charge in [-0.25, -0.2) is 0 Å². The molecule has 0 aliphatic rings. The molecule has 1 atom stereocenters. The smallest absolute Gasteiger partial charge is 0.221 e. The van der Waals surface area contributed by atoms with Gasteiger partial charge in [-0.2, -0.15) is 0 Å². The van der Waals surface area contributed by atoms with Gasteiger partial charge in [-0.1, -0.05) is 13.0 Å². The molecule has 0 spiro atoms. The highest BCUT2D eigenvalue weighted by atomic mass is 16.5. The molecule has 0 saturated heterocycles. The van der Waals surface area contributed by atoms with E-state index in [4.69, 9.17) is 9.47 Å². The second-order valence-corrected chi connectivity index (χ2v) is 5.97. The third-order valence-electron chi connectivity index (χ3n) is 3.75. The third-order valence-corrected chi connectivity index (χ3v) is 3.75. The Morgan fingerprint density at radius 2 is 2.12 bits per heavy atom. The first-order valence-corrected chi connectivity index (χ1v) is 9.07. The van der Waals surface area contributed by atoms with Crippen LogP contribution in [0.1, 0.15) is 33.1 Å². The van der Waals surface area contributed by atoms with E-state index < -0.39 is 0 Å². The topological polar surface area (TPSA) is 84.0 Å². The molecule has 0 aromatic heterocycles. The van der Waals surface area contributed by atoms with Crippen LogP contribution in [-0.2, 0) is 9.53 Å². The predicted molar refractivity (Wildman–Crippen MR) is 106 cm³/mol. The first-order chi connectivity index (χ1) is 12.6. The molecule has 1 rings (SSSR count). The van der Waals surface area contributed by atoms with Crippen LogP contribution in [0.2, 0.25) is 0 Å². The zero-order chi connectivity index (χ0) is 19.2. The number of anilines is 1. The van der Waals surface area contributed by atoms with Crippen molar-refractivity contribution < 1.29 is 14.3 Å². The number of carbonyl (C=O) groups is 1. The summed E-state index contributed by atoms with van der Waals surface area (Å²) in [4.78, 5) is 16.0. The Morgan fingerprint density at radius 3 is 2.81 bits per heavy atom. The number of aliphatic imine (C=N–C) groups is 1. The lowest BCUT2D eigenvalue weighted by Gasteiger charge is -2.14. The minimum atomic E-state index is 0.0359. The quantitative estimate of drug-likeness (QED) is 0.319. The molecule has 7 heteroatoms. The lowest BCUT2D eigenvalue weighted by Crippen LogP contribution is -2.37. The number of hydrogen-bond acceptors (Lipinski definition) is 4. The highest BCUT2D eigenvalue weighted by Crippen LogP contribution is 2.17. The number of rotatable bonds is 11. The molecular formula is C19H32N4O3. The number of ether oxygens (including phenoxy) is 2. The molecule has 1 aromatic rings. The summed E-state index contributed by atoms with van der Waals surface area (Å²) in [6.45, 7) is 5.84. The summed E-state index contributed by atoms with van der Waals surface area (Å²) >= 11 is 0. The number of nitrogens with zero attached hydrogens (tertiary/aromatic N) is 1. The summed E-state index contributed by atoms with van der Waals surface area (Å²) in [5, 5.41) is 9.28. The van der Waals surface area contributed by atoms with Crippen LogP contribution in [0.3, 0.4) is 0 Å². The largest absolute Gasteiger partial charge is 0.493 e. The molecule has 1 amide bonds. The minimum Gasteiger partial charge on any atom is -0.493 e. The van der Waals surface area contributed by atoms with Crippen LogP contribution in [0.15, 0.2) is 29.3 Å². The van der Waals surface area contributed by atoms with Gasteiger partial charge in [-0.15, -0.1) is 0 Å². The van der Waals surface area contributed by atoms with Crippen molar-refractivity contribution in [2.45, 2.75) is 39.2 Å². The minimum absolute atomic E-state index is 0.0359. The SMILES string of the molecule is CCC(C)NC(=O)CCNC(=NC)Nc1cccc(OCCCOC)c1. The van der Waals surface area contributed by atoms with Gasteiger partial charge in [-0.3, -0.25) is 9.79 Å². The second kappa shape index (κ2) is 13.0. The Balaban J connectivity index is 2.41. The molecule has 0 aliphatic heterocycles. The molecule has 7 nitrogen and oxygen atoms in total. The van der Waals surface area contributed by atoms with E-state index in [1.807, 2.05) is 38.1 Å². The van der Waals surface area contributed by atoms with Crippen LogP contribution in [0, 0.1) is 0 Å². The molecule has 146 valence electrons. The fourth-order valence-corrected chi connectivity index (χ4v) is 2.12. The van der Waals surface area contributed by atoms with Crippen molar-refractivity contribution in [3.63, 3.8) is 0 Å². The van der Waals surface area contributed by atoms with E-state index in [0.717, 1.165) is 24.3 Å². The molecule has 0 aliphatic carbocycles. The number of amides is 1. The van der Waals surface area contributed by atoms with Crippen molar-refractivity contribution in [1.82, 2.24) is 10.6 Å². The van der Waals surface area contributed by atoms with E-state index in [1.165, 1.54) is 0 Å². The van der Waals surface area contributed by atoms with Crippen molar-refractivity contribution in [2.24, 2.45) is 4.99 Å². The lowest BCUT2D eigenvalue weighted by molar-refractivity contribution is -0.121. The summed E-state index contributed by atoms with van der Waals surface area (Å²) in [5.74, 6) is 1.43. The summed E-state index contributed by atoms with van der Waals surface area (Å²) in [7, 11) is 3.37. The van der Waals surface area contributed by atoms with Crippen molar-refractivity contribution in [1.29, 1.82) is 0 Å². The Labute approximate surface area is 156 Å². The molecule has 0 fully saturated rings. The standard InChI is InChI=1S/C19H32N4O3/c1-5-15(2)22-18(24)10-11-21-19(20-3)23-16-8-6-9-17(14-16)26-13-7-12-25-4/h6,8-9,14-15H,5,7,10-13H2,1-4H3,(H,22,24)(H2,20,21,23). The fraction of sp³-hybridized carbons (Fsp3) is 0.579. The van der Waals surface area contributed by atoms with E-state index in [-0.39, 0.29) is 11.9 Å². The van der Waals surface area contributed by atoms with E-state index in [2.05, 4.69) is 20.9 Å². The van der Waals surface area contributed by atoms with Gasteiger partial charge in [0, 0.05) is 57.9 Å². The van der Waals surface area contributed by atoms with Crippen molar-refractivity contribution in [3.05, 3.63) is 24.3 Å². The summed E-state index contributed by atoms with van der Waals surface area (Å²) in [6.07, 6.45) is 2.16. The maximum atomic E-state index is 11.8. The predicted octanol–water partition coefficient (Wildman–Crippen LogP) is 2.39. The van der Waals surface area contributed by atoms with Crippen LogP contribution < -0.4 is 20.7 Å². The number of carbonyl (C=O) groups excluding carboxylic acids is 1. The molecule has 1 aromatic carbocycles. The van der Waals surface area contributed by atoms with Crippen LogP contribution in [0.5, 0.6) is 5.75 Å². The highest BCUT2D eigenvalue weighted by molar-refractivity contribution is 5.93. The molecule has 3 N–H and O–H groups in total. The molecular weight excluding hydrogens is 332 g/mol. The zero-order valence-corrected chi connectivity index (χ0v) is 16.3. The Hall–Kier alpha value is -2.28. The molecule has 1 unspecified atom stereocenters. The van der Waals surface area contributed by atoms with Gasteiger partial charge in [0.05, 0.1) is 6.61 Å². The van der Waals surface area contributed by atoms with E-state index in [1.54, 1.807) is 14.2 Å². The first-order valence-electron chi connectivity index (χ1n) is 9.07. The van der Waals surface area contributed by atoms with Gasteiger partial charge in [0.15, 0.2) is 5.96 Å². The number of methoxy groups -OCH3 is 1. The first kappa shape index (κ1) is 21.8. The zero-order valence-electron chi connectivity index (χ0n) is 16.3. The average molecular weight is 364 g/mol. The Bertz CT molecular complexity index is 563. The van der Waals surface area contributed by atoms with Gasteiger partial charge in [0.25, 0.3) is 0 Å². The summed E-state index contributed by atoms with van der Waals surface area (Å²) in [6, 6.07) is 7.88. The average Bonchev–Trinajstić information content (AvgIpc) is 2.64. The lowest BCUT2D eigenvalue weighted by atomic mass is 10.2. The van der Waals surface area contributed by atoms with Crippen LogP contribution in [0.4, 0.5) is 5.69 Å².